The van der Waals surface area contributed by atoms with E-state index < -0.39 is 0 Å². The zero-order chi connectivity index (χ0) is 14.5. The molecule has 1 fully saturated rings. The third kappa shape index (κ3) is 1.68. The van der Waals surface area contributed by atoms with Crippen molar-refractivity contribution >= 4 is 6.02 Å². The molecule has 2 aliphatic carbocycles. The second kappa shape index (κ2) is 4.47. The van der Waals surface area contributed by atoms with Gasteiger partial charge < -0.3 is 15.2 Å². The Labute approximate surface area is 125 Å². The van der Waals surface area contributed by atoms with E-state index in [1.807, 2.05) is 7.11 Å². The Morgan fingerprint density at radius 2 is 2.05 bits per heavy atom. The minimum absolute atomic E-state index is 0.146. The van der Waals surface area contributed by atoms with Crippen molar-refractivity contribution in [2.45, 2.75) is 43.7 Å². The van der Waals surface area contributed by atoms with Crippen LogP contribution in [-0.4, -0.2) is 25.8 Å². The molecule has 2 spiro atoms. The Morgan fingerprint density at radius 3 is 2.71 bits per heavy atom. The van der Waals surface area contributed by atoms with Crippen LogP contribution in [0.15, 0.2) is 29.3 Å². The van der Waals surface area contributed by atoms with Gasteiger partial charge in [-0.05, 0) is 43.2 Å². The summed E-state index contributed by atoms with van der Waals surface area (Å²) >= 11 is 0. The van der Waals surface area contributed by atoms with Gasteiger partial charge in [0, 0.05) is 12.5 Å². The highest BCUT2D eigenvalue weighted by Gasteiger charge is 2.61. The van der Waals surface area contributed by atoms with Gasteiger partial charge in [-0.25, -0.2) is 4.99 Å². The van der Waals surface area contributed by atoms with Crippen LogP contribution in [0.4, 0.5) is 0 Å². The van der Waals surface area contributed by atoms with Crippen molar-refractivity contribution in [2.75, 3.05) is 13.7 Å². The van der Waals surface area contributed by atoms with E-state index in [-0.39, 0.29) is 11.0 Å². The number of aliphatic imine (C=N–C) groups is 1. The Morgan fingerprint density at radius 1 is 1.29 bits per heavy atom. The molecule has 1 heterocycles. The molecule has 1 aromatic carbocycles. The van der Waals surface area contributed by atoms with E-state index in [1.54, 1.807) is 0 Å². The lowest BCUT2D eigenvalue weighted by Crippen LogP contribution is -2.46. The molecular weight excluding hydrogens is 264 g/mol. The van der Waals surface area contributed by atoms with Crippen LogP contribution in [0, 0.1) is 5.41 Å². The molecular formula is C17H22N2O2. The number of nitrogens with two attached hydrogens (primary N) is 1. The SMILES string of the molecule is COC1CCC2(CC1)Cc1ccccc1C21COC(N)=N1. The van der Waals surface area contributed by atoms with Gasteiger partial charge in [0.15, 0.2) is 0 Å². The number of nitrogens with zero attached hydrogens (tertiary/aromatic N) is 1. The highest BCUT2D eigenvalue weighted by Crippen LogP contribution is 2.60. The van der Waals surface area contributed by atoms with E-state index in [9.17, 15) is 0 Å². The number of hydrogen-bond donors (Lipinski definition) is 1. The molecule has 1 unspecified atom stereocenters. The standard InChI is InChI=1S/C17H22N2O2/c1-20-13-6-8-16(9-7-13)10-12-4-2-3-5-14(12)17(16)11-21-15(18)19-17/h2-5,13H,6-11H2,1H3,(H2,18,19). The topological polar surface area (TPSA) is 56.8 Å². The van der Waals surface area contributed by atoms with Gasteiger partial charge in [0.05, 0.1) is 6.10 Å². The van der Waals surface area contributed by atoms with Gasteiger partial charge in [0.1, 0.15) is 12.1 Å². The molecule has 21 heavy (non-hydrogen) atoms. The number of rotatable bonds is 1. The summed E-state index contributed by atoms with van der Waals surface area (Å²) < 4.78 is 11.2. The Balaban J connectivity index is 1.79. The summed E-state index contributed by atoms with van der Waals surface area (Å²) in [6, 6.07) is 9.01. The second-order valence-corrected chi connectivity index (χ2v) is 6.65. The third-order valence-electron chi connectivity index (χ3n) is 5.82. The van der Waals surface area contributed by atoms with Crippen molar-refractivity contribution in [1.82, 2.24) is 0 Å². The molecule has 0 amide bonds. The van der Waals surface area contributed by atoms with Crippen LogP contribution in [0.25, 0.3) is 0 Å². The quantitative estimate of drug-likeness (QED) is 0.862. The summed E-state index contributed by atoms with van der Waals surface area (Å²) in [6.07, 6.45) is 5.92. The van der Waals surface area contributed by atoms with Gasteiger partial charge in [-0.1, -0.05) is 24.3 Å². The first-order valence-electron chi connectivity index (χ1n) is 7.78. The summed E-state index contributed by atoms with van der Waals surface area (Å²) in [5.41, 5.74) is 8.50. The Bertz CT molecular complexity index is 590. The van der Waals surface area contributed by atoms with Crippen molar-refractivity contribution in [3.05, 3.63) is 35.4 Å². The number of ether oxygens (including phenoxy) is 2. The van der Waals surface area contributed by atoms with E-state index in [0.717, 1.165) is 32.1 Å². The number of fused-ring (bicyclic) bond motifs is 3. The van der Waals surface area contributed by atoms with Crippen molar-refractivity contribution in [3.8, 4) is 0 Å². The number of hydrogen-bond acceptors (Lipinski definition) is 4. The maximum Gasteiger partial charge on any atom is 0.283 e. The lowest BCUT2D eigenvalue weighted by molar-refractivity contribution is -0.00984. The van der Waals surface area contributed by atoms with E-state index in [2.05, 4.69) is 24.3 Å². The summed E-state index contributed by atoms with van der Waals surface area (Å²) in [6.45, 7) is 0.591. The summed E-state index contributed by atoms with van der Waals surface area (Å²) in [4.78, 5) is 4.82. The molecule has 2 N–H and O–H groups in total. The average molecular weight is 286 g/mol. The normalized spacial score (nSPS) is 37.6. The van der Waals surface area contributed by atoms with Gasteiger partial charge >= 0.3 is 0 Å². The summed E-state index contributed by atoms with van der Waals surface area (Å²) in [7, 11) is 1.82. The van der Waals surface area contributed by atoms with Crippen molar-refractivity contribution < 1.29 is 9.47 Å². The second-order valence-electron chi connectivity index (χ2n) is 6.65. The van der Waals surface area contributed by atoms with E-state index in [4.69, 9.17) is 20.2 Å². The Hall–Kier alpha value is -1.55. The molecule has 4 nitrogen and oxygen atoms in total. The van der Waals surface area contributed by atoms with Gasteiger partial charge in [0.25, 0.3) is 6.02 Å². The average Bonchev–Trinajstić information content (AvgIpc) is 3.02. The first-order chi connectivity index (χ1) is 10.2. The molecule has 112 valence electrons. The van der Waals surface area contributed by atoms with Crippen LogP contribution >= 0.6 is 0 Å². The van der Waals surface area contributed by atoms with Gasteiger partial charge in [-0.15, -0.1) is 0 Å². The lowest BCUT2D eigenvalue weighted by Gasteiger charge is -2.45. The van der Waals surface area contributed by atoms with Crippen LogP contribution in [0.2, 0.25) is 0 Å². The molecule has 1 atom stereocenters. The highest BCUT2D eigenvalue weighted by molar-refractivity contribution is 5.75. The zero-order valence-corrected chi connectivity index (χ0v) is 12.5. The van der Waals surface area contributed by atoms with Crippen LogP contribution in [0.1, 0.15) is 36.8 Å². The van der Waals surface area contributed by atoms with Crippen LogP contribution < -0.4 is 5.73 Å². The first-order valence-corrected chi connectivity index (χ1v) is 7.78. The molecule has 1 aliphatic heterocycles. The van der Waals surface area contributed by atoms with E-state index >= 15 is 0 Å². The zero-order valence-electron chi connectivity index (χ0n) is 12.5. The van der Waals surface area contributed by atoms with Crippen molar-refractivity contribution in [2.24, 2.45) is 16.1 Å². The Kier molecular flexibility index (Phi) is 2.80. The number of amidine groups is 1. The van der Waals surface area contributed by atoms with Gasteiger partial charge in [-0.2, -0.15) is 0 Å². The molecule has 1 aromatic rings. The van der Waals surface area contributed by atoms with Gasteiger partial charge in [0.2, 0.25) is 0 Å². The number of benzene rings is 1. The molecule has 0 radical (unpaired) electrons. The van der Waals surface area contributed by atoms with Crippen LogP contribution in [0.5, 0.6) is 0 Å². The van der Waals surface area contributed by atoms with Crippen LogP contribution in [0.3, 0.4) is 0 Å². The third-order valence-corrected chi connectivity index (χ3v) is 5.82. The minimum Gasteiger partial charge on any atom is -0.462 e. The van der Waals surface area contributed by atoms with E-state index in [1.165, 1.54) is 11.1 Å². The minimum atomic E-state index is -0.271. The molecule has 3 aliphatic rings. The van der Waals surface area contributed by atoms with Crippen LogP contribution in [-0.2, 0) is 21.4 Å². The van der Waals surface area contributed by atoms with E-state index in [0.29, 0.717) is 18.7 Å². The lowest BCUT2D eigenvalue weighted by atomic mass is 9.62. The summed E-state index contributed by atoms with van der Waals surface area (Å²) in [5, 5.41) is 0. The molecule has 1 saturated carbocycles. The monoisotopic (exact) mass is 286 g/mol. The maximum absolute atomic E-state index is 5.89. The van der Waals surface area contributed by atoms with Crippen molar-refractivity contribution in [1.29, 1.82) is 0 Å². The van der Waals surface area contributed by atoms with Crippen molar-refractivity contribution in [3.63, 3.8) is 0 Å². The fourth-order valence-electron chi connectivity index (χ4n) is 4.69. The molecule has 4 heteroatoms. The first kappa shape index (κ1) is 13.1. The summed E-state index contributed by atoms with van der Waals surface area (Å²) in [5.74, 6) is 0. The largest absolute Gasteiger partial charge is 0.462 e. The number of methoxy groups -OCH3 is 1. The maximum atomic E-state index is 5.89. The highest BCUT2D eigenvalue weighted by atomic mass is 16.5. The van der Waals surface area contributed by atoms with Gasteiger partial charge in [-0.3, -0.25) is 0 Å². The predicted octanol–water partition coefficient (Wildman–Crippen LogP) is 2.36. The molecule has 0 bridgehead atoms. The molecule has 0 saturated heterocycles. The molecule has 4 rings (SSSR count). The molecule has 0 aromatic heterocycles. The fourth-order valence-corrected chi connectivity index (χ4v) is 4.69. The predicted molar refractivity (Wildman–Crippen MR) is 81.1 cm³/mol. The smallest absolute Gasteiger partial charge is 0.283 e. The fraction of sp³-hybridized carbons (Fsp3) is 0.588.